The second-order valence-electron chi connectivity index (χ2n) is 3.58. The molecule has 0 unspecified atom stereocenters. The Balaban J connectivity index is 2.38. The Bertz CT molecular complexity index is 407. The molecule has 1 aliphatic rings. The van der Waals surface area contributed by atoms with Crippen LogP contribution in [0.3, 0.4) is 0 Å². The van der Waals surface area contributed by atoms with E-state index in [1.807, 2.05) is 38.1 Å². The molecule has 0 radical (unpaired) electrons. The first kappa shape index (κ1) is 10.6. The van der Waals surface area contributed by atoms with Crippen LogP contribution in [0.5, 0.6) is 0 Å². The molecule has 0 fully saturated rings. The van der Waals surface area contributed by atoms with Gasteiger partial charge >= 0.3 is 94.9 Å². The second kappa shape index (κ2) is 3.60. The minimum absolute atomic E-state index is 0.475. The summed E-state index contributed by atoms with van der Waals surface area (Å²) in [6.45, 7) is 3.79. The van der Waals surface area contributed by atoms with E-state index in [9.17, 15) is 10.1 Å². The van der Waals surface area contributed by atoms with E-state index in [2.05, 4.69) is 3.17 Å². The number of benzene rings is 1. The summed E-state index contributed by atoms with van der Waals surface area (Å²) in [6, 6.07) is 7.52. The van der Waals surface area contributed by atoms with Gasteiger partial charge in [0, 0.05) is 0 Å². The van der Waals surface area contributed by atoms with Crippen molar-refractivity contribution in [2.45, 2.75) is 19.4 Å². The summed E-state index contributed by atoms with van der Waals surface area (Å²) < 4.78 is 11.1. The molecule has 82 valence electrons. The van der Waals surface area contributed by atoms with E-state index in [0.717, 1.165) is 9.13 Å². The van der Waals surface area contributed by atoms with Gasteiger partial charge in [0.25, 0.3) is 0 Å². The van der Waals surface area contributed by atoms with Crippen LogP contribution in [0.15, 0.2) is 24.3 Å². The molecular weight excluding hydrogens is 313 g/mol. The first-order valence-corrected chi connectivity index (χ1v) is 7.17. The van der Waals surface area contributed by atoms with Gasteiger partial charge in [0.05, 0.1) is 0 Å². The van der Waals surface area contributed by atoms with Crippen LogP contribution >= 0.6 is 20.6 Å². The van der Waals surface area contributed by atoms with Gasteiger partial charge in [-0.1, -0.05) is 0 Å². The average Bonchev–Trinajstić information content (AvgIpc) is 2.39. The number of hydrogen-bond donors (Lipinski definition) is 0. The molecule has 1 aromatic rings. The van der Waals surface area contributed by atoms with E-state index in [1.165, 1.54) is 0 Å². The van der Waals surface area contributed by atoms with Gasteiger partial charge < -0.3 is 0 Å². The van der Waals surface area contributed by atoms with Crippen molar-refractivity contribution in [3.05, 3.63) is 43.5 Å². The van der Waals surface area contributed by atoms with Gasteiger partial charge in [-0.05, 0) is 0 Å². The van der Waals surface area contributed by atoms with Crippen molar-refractivity contribution in [1.82, 2.24) is 0 Å². The Morgan fingerprint density at radius 2 is 2.13 bits per heavy atom. The molecule has 1 heterocycles. The van der Waals surface area contributed by atoms with Crippen LogP contribution in [-0.2, 0) is 11.8 Å². The first-order valence-electron chi connectivity index (χ1n) is 4.33. The van der Waals surface area contributed by atoms with Crippen LogP contribution in [0.25, 0.3) is 0 Å². The Morgan fingerprint density at radius 1 is 1.47 bits per heavy atom. The van der Waals surface area contributed by atoms with Crippen LogP contribution in [0.4, 0.5) is 0 Å². The van der Waals surface area contributed by atoms with E-state index in [4.69, 9.17) is 3.07 Å². The van der Waals surface area contributed by atoms with Gasteiger partial charge in [0.1, 0.15) is 0 Å². The molecule has 0 N–H and O–H groups in total. The summed E-state index contributed by atoms with van der Waals surface area (Å²) in [5.41, 5.74) is 0.523. The number of nitrogens with zero attached hydrogens (tertiary/aromatic N) is 1. The van der Waals surface area contributed by atoms with E-state index < -0.39 is 31.3 Å². The van der Waals surface area contributed by atoms with Crippen molar-refractivity contribution >= 4 is 20.6 Å². The maximum absolute atomic E-state index is 10.3. The van der Waals surface area contributed by atoms with Gasteiger partial charge in [0.2, 0.25) is 0 Å². The van der Waals surface area contributed by atoms with Crippen molar-refractivity contribution in [3.8, 4) is 0 Å². The van der Waals surface area contributed by atoms with Crippen LogP contribution in [-0.4, -0.2) is 5.09 Å². The molecule has 2 rings (SSSR count). The second-order valence-corrected chi connectivity index (χ2v) is 6.81. The van der Waals surface area contributed by atoms with Crippen molar-refractivity contribution in [1.29, 1.82) is 0 Å². The summed E-state index contributed by atoms with van der Waals surface area (Å²) in [5.74, 6) is 0. The SMILES string of the molecule is CC1(C)OI(O[N+](=O)[O-])c2ccccc21. The van der Waals surface area contributed by atoms with E-state index in [-0.39, 0.29) is 0 Å². The molecule has 0 saturated heterocycles. The first-order chi connectivity index (χ1) is 7.00. The van der Waals surface area contributed by atoms with Gasteiger partial charge in [-0.15, -0.1) is 0 Å². The summed E-state index contributed by atoms with van der Waals surface area (Å²) in [4.78, 5) is 10.3. The zero-order valence-electron chi connectivity index (χ0n) is 8.27. The van der Waals surface area contributed by atoms with Gasteiger partial charge in [-0.2, -0.15) is 0 Å². The summed E-state index contributed by atoms with van der Waals surface area (Å²) in [7, 11) is 0. The van der Waals surface area contributed by atoms with Crippen molar-refractivity contribution in [2.24, 2.45) is 0 Å². The van der Waals surface area contributed by atoms with E-state index >= 15 is 0 Å². The van der Waals surface area contributed by atoms with Gasteiger partial charge in [-0.3, -0.25) is 0 Å². The Hall–Kier alpha value is -0.890. The average molecular weight is 323 g/mol. The topological polar surface area (TPSA) is 61.6 Å². The quantitative estimate of drug-likeness (QED) is 0.477. The molecule has 0 spiro atoms. The van der Waals surface area contributed by atoms with E-state index in [1.54, 1.807) is 0 Å². The van der Waals surface area contributed by atoms with Crippen molar-refractivity contribution in [3.63, 3.8) is 0 Å². The molecule has 0 amide bonds. The van der Waals surface area contributed by atoms with Gasteiger partial charge in [-0.25, -0.2) is 0 Å². The third-order valence-corrected chi connectivity index (χ3v) is 6.14. The van der Waals surface area contributed by atoms with Crippen molar-refractivity contribution < 1.29 is 11.3 Å². The molecular formula is C9H10INO4. The van der Waals surface area contributed by atoms with Crippen LogP contribution < -0.4 is 0 Å². The minimum atomic E-state index is -2.55. The predicted octanol–water partition coefficient (Wildman–Crippen LogP) is 2.67. The Labute approximate surface area is 95.0 Å². The molecule has 1 aromatic carbocycles. The molecule has 0 saturated carbocycles. The monoisotopic (exact) mass is 323 g/mol. The zero-order valence-corrected chi connectivity index (χ0v) is 10.4. The van der Waals surface area contributed by atoms with Crippen molar-refractivity contribution in [2.75, 3.05) is 0 Å². The summed E-state index contributed by atoms with van der Waals surface area (Å²) in [6.07, 6.45) is 0. The molecule has 0 atom stereocenters. The van der Waals surface area contributed by atoms with Crippen LogP contribution in [0, 0.1) is 13.7 Å². The normalized spacial score (nSPS) is 19.7. The molecule has 15 heavy (non-hydrogen) atoms. The summed E-state index contributed by atoms with van der Waals surface area (Å²) in [5, 5.41) is 9.56. The predicted molar refractivity (Wildman–Crippen MR) is 61.3 cm³/mol. The summed E-state index contributed by atoms with van der Waals surface area (Å²) >= 11 is -2.55. The third kappa shape index (κ3) is 1.91. The maximum atomic E-state index is 10.3. The molecule has 5 nitrogen and oxygen atoms in total. The van der Waals surface area contributed by atoms with E-state index in [0.29, 0.717) is 0 Å². The van der Waals surface area contributed by atoms with Gasteiger partial charge in [0.15, 0.2) is 0 Å². The fraction of sp³-hybridized carbons (Fsp3) is 0.333. The van der Waals surface area contributed by atoms with Crippen LogP contribution in [0.2, 0.25) is 0 Å². The fourth-order valence-electron chi connectivity index (χ4n) is 1.44. The fourth-order valence-corrected chi connectivity index (χ4v) is 5.31. The standard InChI is InChI=1S/C9H10INO4/c1-9(2)7-5-3-4-6-8(7)10(14-9)15-11(12)13/h3-6H,1-2H3. The number of fused-ring (bicyclic) bond motifs is 1. The number of rotatable bonds is 2. The third-order valence-electron chi connectivity index (χ3n) is 2.07. The van der Waals surface area contributed by atoms with Crippen LogP contribution in [0.1, 0.15) is 19.4 Å². The molecule has 0 bridgehead atoms. The Kier molecular flexibility index (Phi) is 2.55. The molecule has 6 heteroatoms. The molecule has 0 aliphatic carbocycles. The number of hydrogen-bond acceptors (Lipinski definition) is 4. The zero-order chi connectivity index (χ0) is 11.1. The molecule has 1 aliphatic heterocycles. The molecule has 0 aromatic heterocycles. The Morgan fingerprint density at radius 3 is 2.80 bits per heavy atom. The number of halogens is 1.